The number of nitrogens with zero attached hydrogens (tertiary/aromatic N) is 1. The first-order valence-electron chi connectivity index (χ1n) is 12.8. The van der Waals surface area contributed by atoms with Crippen molar-refractivity contribution in [1.82, 2.24) is 4.90 Å². The van der Waals surface area contributed by atoms with Gasteiger partial charge in [0.15, 0.2) is 0 Å². The standard InChI is InChI=1S/C27H39Cl2N/c1-2-30(23-8-4-3-5-9-23)10-6-7-18-16-24(28)27(25(29)17-18)26-21-12-19-11-20(14-21)15-22(26)13-19/h16-17,19-23,26H,2-15H2,1H3. The molecule has 0 saturated heterocycles. The first-order chi connectivity index (χ1) is 14.6. The van der Waals surface area contributed by atoms with Crippen molar-refractivity contribution in [3.63, 3.8) is 0 Å². The van der Waals surface area contributed by atoms with Crippen LogP contribution in [0, 0.1) is 23.7 Å². The van der Waals surface area contributed by atoms with E-state index in [1.54, 1.807) is 0 Å². The van der Waals surface area contributed by atoms with Crippen LogP contribution >= 0.6 is 23.2 Å². The highest BCUT2D eigenvalue weighted by Crippen LogP contribution is 2.61. The van der Waals surface area contributed by atoms with Crippen LogP contribution in [-0.2, 0) is 6.42 Å². The van der Waals surface area contributed by atoms with Gasteiger partial charge in [-0.15, -0.1) is 0 Å². The first kappa shape index (κ1) is 21.6. The first-order valence-corrected chi connectivity index (χ1v) is 13.6. The molecule has 0 amide bonds. The van der Waals surface area contributed by atoms with Gasteiger partial charge in [0.2, 0.25) is 0 Å². The number of hydrogen-bond acceptors (Lipinski definition) is 1. The third-order valence-corrected chi connectivity index (χ3v) is 9.73. The van der Waals surface area contributed by atoms with Crippen LogP contribution in [0.2, 0.25) is 10.0 Å². The Labute approximate surface area is 193 Å². The van der Waals surface area contributed by atoms with Gasteiger partial charge >= 0.3 is 0 Å². The van der Waals surface area contributed by atoms with Crippen molar-refractivity contribution in [2.24, 2.45) is 23.7 Å². The molecule has 0 aliphatic heterocycles. The van der Waals surface area contributed by atoms with Gasteiger partial charge in [0.05, 0.1) is 0 Å². The Morgan fingerprint density at radius 3 is 2.03 bits per heavy atom. The number of halogens is 2. The van der Waals surface area contributed by atoms with Crippen molar-refractivity contribution in [3.8, 4) is 0 Å². The average molecular weight is 449 g/mol. The zero-order valence-corrected chi connectivity index (χ0v) is 20.2. The van der Waals surface area contributed by atoms with E-state index < -0.39 is 0 Å². The molecule has 4 bridgehead atoms. The fraction of sp³-hybridized carbons (Fsp3) is 0.778. The lowest BCUT2D eigenvalue weighted by molar-refractivity contribution is -0.00272. The minimum atomic E-state index is 0.619. The Hall–Kier alpha value is -0.240. The van der Waals surface area contributed by atoms with Crippen molar-refractivity contribution >= 4 is 23.2 Å². The van der Waals surface area contributed by atoms with Gasteiger partial charge in [0.25, 0.3) is 0 Å². The number of benzene rings is 1. The fourth-order valence-corrected chi connectivity index (χ4v) is 8.81. The van der Waals surface area contributed by atoms with Crippen LogP contribution in [0.1, 0.15) is 94.6 Å². The summed E-state index contributed by atoms with van der Waals surface area (Å²) in [6, 6.07) is 5.32. The van der Waals surface area contributed by atoms with Crippen LogP contribution in [0.15, 0.2) is 12.1 Å². The number of rotatable bonds is 7. The summed E-state index contributed by atoms with van der Waals surface area (Å²) in [5.41, 5.74) is 2.63. The molecule has 1 aromatic carbocycles. The SMILES string of the molecule is CCN(CCCc1cc(Cl)c(C2C3CC4CC(C3)CC2C4)c(Cl)c1)C1CCCCC1. The third kappa shape index (κ3) is 4.33. The van der Waals surface area contributed by atoms with Gasteiger partial charge < -0.3 is 4.90 Å². The molecular weight excluding hydrogens is 409 g/mol. The van der Waals surface area contributed by atoms with Crippen LogP contribution in [0.3, 0.4) is 0 Å². The third-order valence-electron chi connectivity index (χ3n) is 9.11. The highest BCUT2D eigenvalue weighted by Gasteiger charge is 2.49. The maximum absolute atomic E-state index is 6.92. The van der Waals surface area contributed by atoms with E-state index in [0.29, 0.717) is 5.92 Å². The van der Waals surface area contributed by atoms with E-state index in [0.717, 1.165) is 46.2 Å². The number of aryl methyl sites for hydroxylation is 1. The summed E-state index contributed by atoms with van der Waals surface area (Å²) in [6.07, 6.45) is 16.5. The predicted molar refractivity (Wildman–Crippen MR) is 129 cm³/mol. The summed E-state index contributed by atoms with van der Waals surface area (Å²) in [6.45, 7) is 4.70. The highest BCUT2D eigenvalue weighted by atomic mass is 35.5. The molecule has 0 unspecified atom stereocenters. The van der Waals surface area contributed by atoms with Crippen LogP contribution in [-0.4, -0.2) is 24.0 Å². The van der Waals surface area contributed by atoms with Gasteiger partial charge in [-0.1, -0.05) is 49.4 Å². The topological polar surface area (TPSA) is 3.24 Å². The van der Waals surface area contributed by atoms with E-state index in [-0.39, 0.29) is 0 Å². The summed E-state index contributed by atoms with van der Waals surface area (Å²) in [4.78, 5) is 2.71. The van der Waals surface area contributed by atoms with Crippen LogP contribution in [0.4, 0.5) is 0 Å². The number of hydrogen-bond donors (Lipinski definition) is 0. The molecule has 3 heteroatoms. The zero-order valence-electron chi connectivity index (χ0n) is 18.7. The summed E-state index contributed by atoms with van der Waals surface area (Å²) in [5.74, 6) is 4.26. The van der Waals surface area contributed by atoms with Gasteiger partial charge in [0.1, 0.15) is 0 Å². The van der Waals surface area contributed by atoms with Crippen LogP contribution < -0.4 is 0 Å². The minimum Gasteiger partial charge on any atom is -0.301 e. The second-order valence-corrected chi connectivity index (χ2v) is 11.8. The lowest BCUT2D eigenvalue weighted by atomic mass is 9.50. The van der Waals surface area contributed by atoms with Gasteiger partial charge in [-0.05, 0) is 124 Å². The maximum Gasteiger partial charge on any atom is 0.0458 e. The summed E-state index contributed by atoms with van der Waals surface area (Å²) < 4.78 is 0. The molecule has 30 heavy (non-hydrogen) atoms. The summed E-state index contributed by atoms with van der Waals surface area (Å²) in [5, 5.41) is 1.91. The second kappa shape index (κ2) is 9.32. The molecule has 6 rings (SSSR count). The second-order valence-electron chi connectivity index (χ2n) is 11.0. The van der Waals surface area contributed by atoms with E-state index in [9.17, 15) is 0 Å². The molecule has 0 atom stereocenters. The molecule has 5 saturated carbocycles. The molecule has 0 radical (unpaired) electrons. The van der Waals surface area contributed by atoms with E-state index in [4.69, 9.17) is 23.2 Å². The van der Waals surface area contributed by atoms with Crippen LogP contribution in [0.5, 0.6) is 0 Å². The summed E-state index contributed by atoms with van der Waals surface area (Å²) >= 11 is 13.8. The molecule has 0 N–H and O–H groups in total. The molecular formula is C27H39Cl2N. The molecule has 5 aliphatic carbocycles. The van der Waals surface area contributed by atoms with Gasteiger partial charge in [-0.25, -0.2) is 0 Å². The normalized spacial score (nSPS) is 33.5. The Morgan fingerprint density at radius 1 is 0.867 bits per heavy atom. The molecule has 0 aromatic heterocycles. The molecule has 1 aromatic rings. The van der Waals surface area contributed by atoms with Crippen molar-refractivity contribution in [3.05, 3.63) is 33.3 Å². The highest BCUT2D eigenvalue weighted by molar-refractivity contribution is 6.36. The molecule has 5 fully saturated rings. The lowest BCUT2D eigenvalue weighted by Crippen LogP contribution is -2.43. The molecule has 1 nitrogen and oxygen atoms in total. The molecule has 0 heterocycles. The van der Waals surface area contributed by atoms with Gasteiger partial charge in [0, 0.05) is 16.1 Å². The van der Waals surface area contributed by atoms with Gasteiger partial charge in [-0.3, -0.25) is 0 Å². The monoisotopic (exact) mass is 447 g/mol. The Kier molecular flexibility index (Phi) is 6.71. The van der Waals surface area contributed by atoms with E-state index in [1.807, 2.05) is 0 Å². The largest absolute Gasteiger partial charge is 0.301 e. The Bertz CT molecular complexity index is 687. The van der Waals surface area contributed by atoms with Crippen molar-refractivity contribution < 1.29 is 0 Å². The van der Waals surface area contributed by atoms with Gasteiger partial charge in [-0.2, -0.15) is 0 Å². The Balaban J connectivity index is 1.23. The van der Waals surface area contributed by atoms with Crippen LogP contribution in [0.25, 0.3) is 0 Å². The summed E-state index contributed by atoms with van der Waals surface area (Å²) in [7, 11) is 0. The quantitative estimate of drug-likeness (QED) is 0.407. The van der Waals surface area contributed by atoms with Crippen molar-refractivity contribution in [1.29, 1.82) is 0 Å². The maximum atomic E-state index is 6.92. The zero-order chi connectivity index (χ0) is 20.7. The molecule has 5 aliphatic rings. The lowest BCUT2D eigenvalue weighted by Gasteiger charge is -2.55. The van der Waals surface area contributed by atoms with Crippen molar-refractivity contribution in [2.75, 3.05) is 13.1 Å². The molecule has 0 spiro atoms. The van der Waals surface area contributed by atoms with Crippen molar-refractivity contribution in [2.45, 2.75) is 95.9 Å². The predicted octanol–water partition coefficient (Wildman–Crippen LogP) is 8.12. The Morgan fingerprint density at radius 2 is 1.47 bits per heavy atom. The van der Waals surface area contributed by atoms with E-state index >= 15 is 0 Å². The average Bonchev–Trinajstić information content (AvgIpc) is 2.73. The fourth-order valence-electron chi connectivity index (χ4n) is 8.03. The molecule has 166 valence electrons. The minimum absolute atomic E-state index is 0.619. The smallest absolute Gasteiger partial charge is 0.0458 e. The van der Waals surface area contributed by atoms with E-state index in [1.165, 1.54) is 94.8 Å². The van der Waals surface area contributed by atoms with E-state index in [2.05, 4.69) is 24.0 Å².